The zero-order chi connectivity index (χ0) is 18.4. The number of rotatable bonds is 7. The van der Waals surface area contributed by atoms with E-state index in [0.717, 1.165) is 18.2 Å². The van der Waals surface area contributed by atoms with E-state index in [9.17, 15) is 13.6 Å². The molecule has 6 nitrogen and oxygen atoms in total. The first-order chi connectivity index (χ1) is 12.0. The third kappa shape index (κ3) is 4.50. The SMILES string of the molecule is COc1cc(NCC(=O)Nc2cc(F)ccc2F)cc(OC)c1OC. The minimum atomic E-state index is -0.720. The van der Waals surface area contributed by atoms with E-state index in [2.05, 4.69) is 10.6 Å². The molecule has 0 aliphatic carbocycles. The second-order valence-corrected chi connectivity index (χ2v) is 4.94. The molecule has 25 heavy (non-hydrogen) atoms. The van der Waals surface area contributed by atoms with Gasteiger partial charge in [0.05, 0.1) is 33.6 Å². The van der Waals surface area contributed by atoms with Crippen molar-refractivity contribution in [1.82, 2.24) is 0 Å². The van der Waals surface area contributed by atoms with Gasteiger partial charge in [-0.1, -0.05) is 0 Å². The molecule has 2 N–H and O–H groups in total. The Bertz CT molecular complexity index is 743. The molecule has 0 saturated carbocycles. The van der Waals surface area contributed by atoms with Gasteiger partial charge in [-0.15, -0.1) is 0 Å². The quantitative estimate of drug-likeness (QED) is 0.802. The summed E-state index contributed by atoms with van der Waals surface area (Å²) in [4.78, 5) is 11.9. The summed E-state index contributed by atoms with van der Waals surface area (Å²) in [6, 6.07) is 6.07. The van der Waals surface area contributed by atoms with Crippen molar-refractivity contribution >= 4 is 17.3 Å². The van der Waals surface area contributed by atoms with E-state index in [4.69, 9.17) is 14.2 Å². The van der Waals surface area contributed by atoms with Crippen LogP contribution in [-0.4, -0.2) is 33.8 Å². The largest absolute Gasteiger partial charge is 0.493 e. The maximum Gasteiger partial charge on any atom is 0.243 e. The lowest BCUT2D eigenvalue weighted by Gasteiger charge is -2.15. The fourth-order valence-corrected chi connectivity index (χ4v) is 2.15. The van der Waals surface area contributed by atoms with Gasteiger partial charge in [0.15, 0.2) is 11.5 Å². The van der Waals surface area contributed by atoms with Crippen LogP contribution in [0.3, 0.4) is 0 Å². The molecule has 0 fully saturated rings. The van der Waals surface area contributed by atoms with Crippen LogP contribution in [0, 0.1) is 11.6 Å². The highest BCUT2D eigenvalue weighted by Gasteiger charge is 2.14. The fraction of sp³-hybridized carbons (Fsp3) is 0.235. The van der Waals surface area contributed by atoms with E-state index >= 15 is 0 Å². The zero-order valence-electron chi connectivity index (χ0n) is 14.0. The molecule has 134 valence electrons. The van der Waals surface area contributed by atoms with Crippen molar-refractivity contribution in [2.45, 2.75) is 0 Å². The summed E-state index contributed by atoms with van der Waals surface area (Å²) in [5, 5.41) is 5.15. The molecule has 0 atom stereocenters. The number of nitrogens with one attached hydrogen (secondary N) is 2. The molecule has 8 heteroatoms. The number of halogens is 2. The monoisotopic (exact) mass is 352 g/mol. The molecular weight excluding hydrogens is 334 g/mol. The van der Waals surface area contributed by atoms with Crippen molar-refractivity contribution < 1.29 is 27.8 Å². The van der Waals surface area contributed by atoms with Gasteiger partial charge in [-0.2, -0.15) is 0 Å². The summed E-state index contributed by atoms with van der Waals surface area (Å²) in [7, 11) is 4.43. The van der Waals surface area contributed by atoms with Gasteiger partial charge in [-0.05, 0) is 12.1 Å². The number of hydrogen-bond acceptors (Lipinski definition) is 5. The summed E-state index contributed by atoms with van der Waals surface area (Å²) in [6.45, 7) is -0.172. The average Bonchev–Trinajstić information content (AvgIpc) is 2.61. The second-order valence-electron chi connectivity index (χ2n) is 4.94. The van der Waals surface area contributed by atoms with E-state index in [0.29, 0.717) is 22.9 Å². The summed E-state index contributed by atoms with van der Waals surface area (Å²) in [5.74, 6) is -0.654. The first kappa shape index (κ1) is 18.3. The number of anilines is 2. The van der Waals surface area contributed by atoms with Crippen molar-refractivity contribution in [2.75, 3.05) is 38.5 Å². The number of benzene rings is 2. The topological polar surface area (TPSA) is 68.8 Å². The second kappa shape index (κ2) is 8.18. The molecule has 2 aromatic carbocycles. The van der Waals surface area contributed by atoms with E-state index in [1.165, 1.54) is 21.3 Å². The molecule has 0 spiro atoms. The van der Waals surface area contributed by atoms with Crippen LogP contribution in [0.15, 0.2) is 30.3 Å². The van der Waals surface area contributed by atoms with Crippen molar-refractivity contribution in [3.63, 3.8) is 0 Å². The minimum Gasteiger partial charge on any atom is -0.493 e. The predicted octanol–water partition coefficient (Wildman–Crippen LogP) is 3.04. The number of amides is 1. The number of methoxy groups -OCH3 is 3. The van der Waals surface area contributed by atoms with Gasteiger partial charge in [-0.25, -0.2) is 8.78 Å². The lowest BCUT2D eigenvalue weighted by molar-refractivity contribution is -0.114. The Morgan fingerprint density at radius 3 is 2.20 bits per heavy atom. The van der Waals surface area contributed by atoms with E-state index in [1.807, 2.05) is 0 Å². The number of carbonyl (C=O) groups excluding carboxylic acids is 1. The Morgan fingerprint density at radius 2 is 1.64 bits per heavy atom. The number of ether oxygens (including phenoxy) is 3. The Labute approximate surface area is 143 Å². The molecule has 2 rings (SSSR count). The molecular formula is C17H18F2N2O4. The zero-order valence-corrected chi connectivity index (χ0v) is 14.0. The highest BCUT2D eigenvalue weighted by Crippen LogP contribution is 2.39. The molecule has 0 unspecified atom stereocenters. The molecule has 0 aromatic heterocycles. The van der Waals surface area contributed by atoms with Crippen molar-refractivity contribution in [1.29, 1.82) is 0 Å². The molecule has 0 saturated heterocycles. The van der Waals surface area contributed by atoms with Gasteiger partial charge >= 0.3 is 0 Å². The lowest BCUT2D eigenvalue weighted by atomic mass is 10.2. The normalized spacial score (nSPS) is 10.1. The van der Waals surface area contributed by atoms with Crippen LogP contribution < -0.4 is 24.8 Å². The van der Waals surface area contributed by atoms with E-state index in [1.54, 1.807) is 12.1 Å². The number of carbonyl (C=O) groups is 1. The third-order valence-corrected chi connectivity index (χ3v) is 3.32. The van der Waals surface area contributed by atoms with Crippen LogP contribution >= 0.6 is 0 Å². The molecule has 0 heterocycles. The van der Waals surface area contributed by atoms with Gasteiger partial charge in [0.2, 0.25) is 11.7 Å². The fourth-order valence-electron chi connectivity index (χ4n) is 2.15. The molecule has 0 aliphatic heterocycles. The predicted molar refractivity (Wildman–Crippen MR) is 89.6 cm³/mol. The van der Waals surface area contributed by atoms with Crippen molar-refractivity contribution in [3.05, 3.63) is 42.0 Å². The summed E-state index contributed by atoms with van der Waals surface area (Å²) in [6.07, 6.45) is 0. The maximum absolute atomic E-state index is 13.5. The van der Waals surface area contributed by atoms with Crippen molar-refractivity contribution in [2.24, 2.45) is 0 Å². The highest BCUT2D eigenvalue weighted by molar-refractivity contribution is 5.94. The molecule has 2 aromatic rings. The number of hydrogen-bond donors (Lipinski definition) is 2. The summed E-state index contributed by atoms with van der Waals surface area (Å²) in [5.41, 5.74) is 0.307. The highest BCUT2D eigenvalue weighted by atomic mass is 19.1. The van der Waals surface area contributed by atoms with Crippen LogP contribution in [0.25, 0.3) is 0 Å². The molecule has 1 amide bonds. The van der Waals surface area contributed by atoms with Gasteiger partial charge < -0.3 is 24.8 Å². The Balaban J connectivity index is 2.07. The first-order valence-corrected chi connectivity index (χ1v) is 7.27. The lowest BCUT2D eigenvalue weighted by Crippen LogP contribution is -2.22. The minimum absolute atomic E-state index is 0.172. The smallest absolute Gasteiger partial charge is 0.243 e. The van der Waals surface area contributed by atoms with Crippen LogP contribution in [0.1, 0.15) is 0 Å². The van der Waals surface area contributed by atoms with Crippen LogP contribution in [0.5, 0.6) is 17.2 Å². The van der Waals surface area contributed by atoms with E-state index < -0.39 is 17.5 Å². The molecule has 0 bridgehead atoms. The van der Waals surface area contributed by atoms with Gasteiger partial charge in [0, 0.05) is 23.9 Å². The van der Waals surface area contributed by atoms with Gasteiger partial charge in [0.1, 0.15) is 11.6 Å². The standard InChI is InChI=1S/C17H18F2N2O4/c1-23-14-7-11(8-15(24-2)17(14)25-3)20-9-16(22)21-13-6-10(18)4-5-12(13)19/h4-8,20H,9H2,1-3H3,(H,21,22). The first-order valence-electron chi connectivity index (χ1n) is 7.27. The summed E-state index contributed by atoms with van der Waals surface area (Å²) >= 11 is 0. The Kier molecular flexibility index (Phi) is 5.99. The maximum atomic E-state index is 13.5. The Morgan fingerprint density at radius 1 is 1.00 bits per heavy atom. The summed E-state index contributed by atoms with van der Waals surface area (Å²) < 4.78 is 42.3. The molecule has 0 aliphatic rings. The van der Waals surface area contributed by atoms with Crippen LogP contribution in [0.4, 0.5) is 20.2 Å². The Hall–Kier alpha value is -3.03. The van der Waals surface area contributed by atoms with Crippen LogP contribution in [-0.2, 0) is 4.79 Å². The third-order valence-electron chi connectivity index (χ3n) is 3.32. The average molecular weight is 352 g/mol. The van der Waals surface area contributed by atoms with E-state index in [-0.39, 0.29) is 12.2 Å². The van der Waals surface area contributed by atoms with Gasteiger partial charge in [0.25, 0.3) is 0 Å². The molecule has 0 radical (unpaired) electrons. The van der Waals surface area contributed by atoms with Crippen molar-refractivity contribution in [3.8, 4) is 17.2 Å². The van der Waals surface area contributed by atoms with Gasteiger partial charge in [-0.3, -0.25) is 4.79 Å². The van der Waals surface area contributed by atoms with Crippen LogP contribution in [0.2, 0.25) is 0 Å².